The van der Waals surface area contributed by atoms with Gasteiger partial charge in [-0.25, -0.2) is 4.98 Å². The summed E-state index contributed by atoms with van der Waals surface area (Å²) in [6.45, 7) is 5.95. The molecule has 6 nitrogen and oxygen atoms in total. The Bertz CT molecular complexity index is 1050. The van der Waals surface area contributed by atoms with Crippen molar-refractivity contribution in [1.82, 2.24) is 9.97 Å². The molecule has 1 aliphatic carbocycles. The fraction of sp³-hybridized carbons (Fsp3) is 0.455. The molecule has 0 bridgehead atoms. The molecule has 0 N–H and O–H groups in total. The number of thiazole rings is 1. The standard InChI is InChI=1S/C22H22ClN3O3S/c1-10-7-16-14(8-15(10)23)19(27)17-18(13-5-4-6-24-9-13)26(21(28)20(17)29-16)22-25-11(2)12(3)30-22/h4-6,9-10,14-16,18H,7-8H2,1-3H3. The third kappa shape index (κ3) is 2.90. The molecule has 156 valence electrons. The van der Waals surface area contributed by atoms with Crippen LogP contribution in [0.1, 0.15) is 41.9 Å². The maximum Gasteiger partial charge on any atom is 0.296 e. The number of carbonyl (C=O) groups is 2. The highest BCUT2D eigenvalue weighted by atomic mass is 35.5. The molecule has 1 saturated carbocycles. The number of fused-ring (bicyclic) bond motifs is 1. The van der Waals surface area contributed by atoms with Gasteiger partial charge in [0.25, 0.3) is 5.91 Å². The Morgan fingerprint density at radius 3 is 2.73 bits per heavy atom. The van der Waals surface area contributed by atoms with Crippen LogP contribution in [-0.2, 0) is 14.3 Å². The van der Waals surface area contributed by atoms with Crippen LogP contribution in [0, 0.1) is 25.7 Å². The number of aromatic nitrogens is 2. The summed E-state index contributed by atoms with van der Waals surface area (Å²) in [6, 6.07) is 3.10. The summed E-state index contributed by atoms with van der Waals surface area (Å²) in [7, 11) is 0. The van der Waals surface area contributed by atoms with Crippen molar-refractivity contribution in [2.45, 2.75) is 51.1 Å². The number of hydrogen-bond acceptors (Lipinski definition) is 6. The molecule has 1 amide bonds. The van der Waals surface area contributed by atoms with E-state index >= 15 is 0 Å². The van der Waals surface area contributed by atoms with Gasteiger partial charge in [0.15, 0.2) is 16.7 Å². The van der Waals surface area contributed by atoms with Crippen LogP contribution < -0.4 is 4.90 Å². The molecule has 2 aromatic rings. The topological polar surface area (TPSA) is 72.4 Å². The van der Waals surface area contributed by atoms with Crippen LogP contribution in [0.15, 0.2) is 35.9 Å². The summed E-state index contributed by atoms with van der Waals surface area (Å²) in [5.41, 5.74) is 2.05. The molecule has 2 aliphatic heterocycles. The molecule has 8 heteroatoms. The summed E-state index contributed by atoms with van der Waals surface area (Å²) in [5, 5.41) is 0.497. The number of Topliss-reactive ketones (excluding diaryl/α,β-unsaturated/α-hetero) is 1. The van der Waals surface area contributed by atoms with Gasteiger partial charge in [-0.15, -0.1) is 22.9 Å². The lowest BCUT2D eigenvalue weighted by molar-refractivity contribution is -0.132. The monoisotopic (exact) mass is 443 g/mol. The quantitative estimate of drug-likeness (QED) is 0.653. The average molecular weight is 444 g/mol. The van der Waals surface area contributed by atoms with E-state index in [1.807, 2.05) is 26.0 Å². The van der Waals surface area contributed by atoms with Gasteiger partial charge in [-0.2, -0.15) is 0 Å². The summed E-state index contributed by atoms with van der Waals surface area (Å²) >= 11 is 7.95. The van der Waals surface area contributed by atoms with Crippen molar-refractivity contribution in [2.75, 3.05) is 4.90 Å². The van der Waals surface area contributed by atoms with E-state index < -0.39 is 6.04 Å². The SMILES string of the molecule is Cc1nc(N2C(=O)C3=C(C(=O)C4CC(Cl)C(C)CC4O3)C2c2cccnc2)sc1C. The van der Waals surface area contributed by atoms with Gasteiger partial charge in [-0.05, 0) is 44.2 Å². The smallest absolute Gasteiger partial charge is 0.296 e. The molecular formula is C22H22ClN3O3S. The van der Waals surface area contributed by atoms with Crippen LogP contribution in [0.2, 0.25) is 0 Å². The van der Waals surface area contributed by atoms with Crippen molar-refractivity contribution >= 4 is 39.8 Å². The highest BCUT2D eigenvalue weighted by Gasteiger charge is 2.54. The number of halogens is 1. The second kappa shape index (κ2) is 7.17. The van der Waals surface area contributed by atoms with Crippen molar-refractivity contribution in [3.8, 4) is 0 Å². The number of nitrogens with zero attached hydrogens (tertiary/aromatic N) is 3. The minimum atomic E-state index is -0.590. The van der Waals surface area contributed by atoms with Crippen molar-refractivity contribution < 1.29 is 14.3 Å². The largest absolute Gasteiger partial charge is 0.483 e. The first-order chi connectivity index (χ1) is 14.4. The zero-order valence-corrected chi connectivity index (χ0v) is 18.5. The van der Waals surface area contributed by atoms with E-state index in [0.717, 1.165) is 16.1 Å². The first kappa shape index (κ1) is 19.7. The maximum atomic E-state index is 13.7. The Labute approximate surface area is 183 Å². The summed E-state index contributed by atoms with van der Waals surface area (Å²) in [5.74, 6) is -0.266. The number of anilines is 1. The second-order valence-electron chi connectivity index (χ2n) is 8.34. The number of ketones is 1. The van der Waals surface area contributed by atoms with Crippen LogP contribution in [0.5, 0.6) is 0 Å². The molecule has 30 heavy (non-hydrogen) atoms. The Morgan fingerprint density at radius 2 is 2.07 bits per heavy atom. The summed E-state index contributed by atoms with van der Waals surface area (Å²) in [4.78, 5) is 38.6. The lowest BCUT2D eigenvalue weighted by Crippen LogP contribution is -2.44. The van der Waals surface area contributed by atoms with E-state index in [1.165, 1.54) is 11.3 Å². The van der Waals surface area contributed by atoms with E-state index in [9.17, 15) is 9.59 Å². The number of aryl methyl sites for hydroxylation is 2. The third-order valence-corrected chi connectivity index (χ3v) is 8.11. The molecule has 1 fully saturated rings. The van der Waals surface area contributed by atoms with Gasteiger partial charge >= 0.3 is 0 Å². The van der Waals surface area contributed by atoms with E-state index in [4.69, 9.17) is 16.3 Å². The van der Waals surface area contributed by atoms with Gasteiger partial charge in [0, 0.05) is 22.6 Å². The number of rotatable bonds is 2. The van der Waals surface area contributed by atoms with Crippen molar-refractivity contribution in [3.05, 3.63) is 52.0 Å². The van der Waals surface area contributed by atoms with Crippen LogP contribution in [0.25, 0.3) is 0 Å². The van der Waals surface area contributed by atoms with E-state index in [2.05, 4.69) is 16.9 Å². The molecule has 5 rings (SSSR count). The van der Waals surface area contributed by atoms with Crippen molar-refractivity contribution in [3.63, 3.8) is 0 Å². The molecule has 5 unspecified atom stereocenters. The number of hydrogen-bond donors (Lipinski definition) is 0. The first-order valence-electron chi connectivity index (χ1n) is 10.1. The number of pyridine rings is 1. The summed E-state index contributed by atoms with van der Waals surface area (Å²) in [6.07, 6.45) is 4.29. The number of alkyl halides is 1. The first-order valence-corrected chi connectivity index (χ1v) is 11.4. The van der Waals surface area contributed by atoms with Crippen LogP contribution in [0.4, 0.5) is 5.13 Å². The van der Waals surface area contributed by atoms with Gasteiger partial charge in [-0.3, -0.25) is 19.5 Å². The zero-order chi connectivity index (χ0) is 21.2. The third-order valence-electron chi connectivity index (χ3n) is 6.43. The second-order valence-corrected chi connectivity index (χ2v) is 10.1. The molecule has 2 aromatic heterocycles. The van der Waals surface area contributed by atoms with Gasteiger partial charge in [-0.1, -0.05) is 13.0 Å². The lowest BCUT2D eigenvalue weighted by Gasteiger charge is -2.39. The highest BCUT2D eigenvalue weighted by molar-refractivity contribution is 7.15. The Kier molecular flexibility index (Phi) is 4.71. The Morgan fingerprint density at radius 1 is 1.27 bits per heavy atom. The predicted molar refractivity (Wildman–Crippen MR) is 114 cm³/mol. The van der Waals surface area contributed by atoms with Crippen molar-refractivity contribution in [1.29, 1.82) is 0 Å². The zero-order valence-electron chi connectivity index (χ0n) is 17.0. The lowest BCUT2D eigenvalue weighted by atomic mass is 9.74. The van der Waals surface area contributed by atoms with E-state index in [0.29, 0.717) is 23.5 Å². The minimum absolute atomic E-state index is 0.0338. The number of ether oxygens (including phenoxy) is 1. The van der Waals surface area contributed by atoms with Crippen molar-refractivity contribution in [2.24, 2.45) is 11.8 Å². The fourth-order valence-electron chi connectivity index (χ4n) is 4.63. The van der Waals surface area contributed by atoms with E-state index in [1.54, 1.807) is 17.3 Å². The van der Waals surface area contributed by atoms with Gasteiger partial charge in [0.05, 0.1) is 23.2 Å². The molecule has 4 heterocycles. The van der Waals surface area contributed by atoms with Gasteiger partial charge in [0.2, 0.25) is 0 Å². The van der Waals surface area contributed by atoms with Crippen LogP contribution >= 0.6 is 22.9 Å². The van der Waals surface area contributed by atoms with Gasteiger partial charge in [0.1, 0.15) is 6.10 Å². The van der Waals surface area contributed by atoms with Crippen LogP contribution in [-0.4, -0.2) is 33.1 Å². The molecule has 0 spiro atoms. The molecule has 5 atom stereocenters. The van der Waals surface area contributed by atoms with Crippen LogP contribution in [0.3, 0.4) is 0 Å². The molecule has 0 radical (unpaired) electrons. The minimum Gasteiger partial charge on any atom is -0.483 e. The Hall–Kier alpha value is -2.25. The number of amides is 1. The summed E-state index contributed by atoms with van der Waals surface area (Å²) < 4.78 is 6.22. The molecular weight excluding hydrogens is 422 g/mol. The number of carbonyl (C=O) groups excluding carboxylic acids is 2. The Balaban J connectivity index is 1.64. The average Bonchev–Trinajstić information content (AvgIpc) is 3.21. The van der Waals surface area contributed by atoms with Gasteiger partial charge < -0.3 is 4.74 Å². The fourth-order valence-corrected chi connectivity index (χ4v) is 5.86. The van der Waals surface area contributed by atoms with E-state index in [-0.39, 0.29) is 40.8 Å². The molecule has 0 aromatic carbocycles. The highest BCUT2D eigenvalue weighted by Crippen LogP contribution is 2.50. The molecule has 3 aliphatic rings. The normalized spacial score (nSPS) is 30.9. The molecule has 0 saturated heterocycles. The predicted octanol–water partition coefficient (Wildman–Crippen LogP) is 4.12. The maximum absolute atomic E-state index is 13.7.